The van der Waals surface area contributed by atoms with Crippen LogP contribution in [0.1, 0.15) is 74.3 Å². The summed E-state index contributed by atoms with van der Waals surface area (Å²) in [6.07, 6.45) is 12.5. The summed E-state index contributed by atoms with van der Waals surface area (Å²) in [7, 11) is 3.58. The van der Waals surface area contributed by atoms with Crippen molar-refractivity contribution in [1.29, 1.82) is 0 Å². The molecule has 0 bridgehead atoms. The number of amides is 1. The van der Waals surface area contributed by atoms with E-state index in [1.165, 1.54) is 57.2 Å². The smallest absolute Gasteiger partial charge is 0.272 e. The summed E-state index contributed by atoms with van der Waals surface area (Å²) in [5.74, 6) is 1.41. The summed E-state index contributed by atoms with van der Waals surface area (Å²) >= 11 is 0. The van der Waals surface area contributed by atoms with E-state index < -0.39 is 0 Å². The van der Waals surface area contributed by atoms with Crippen LogP contribution in [0.4, 0.5) is 0 Å². The molecule has 2 aliphatic rings. The maximum atomic E-state index is 14.1. The van der Waals surface area contributed by atoms with Crippen LogP contribution in [0.15, 0.2) is 42.6 Å². The van der Waals surface area contributed by atoms with Gasteiger partial charge in [-0.2, -0.15) is 0 Å². The number of carbonyl (C=O) groups is 1. The minimum Gasteiger partial charge on any atom is -0.481 e. The Morgan fingerprint density at radius 3 is 2.49 bits per heavy atom. The number of ether oxygens (including phenoxy) is 1. The fraction of sp³-hybridized carbons (Fsp3) is 0.531. The quantitative estimate of drug-likeness (QED) is 0.302. The van der Waals surface area contributed by atoms with E-state index in [9.17, 15) is 4.79 Å². The van der Waals surface area contributed by atoms with Crippen molar-refractivity contribution in [2.75, 3.05) is 33.3 Å². The molecular weight excluding hydrogens is 486 g/mol. The number of unbranched alkanes of at least 4 members (excludes halogenated alkanes) is 3. The molecule has 4 heterocycles. The molecular formula is C32H43N5O2. The van der Waals surface area contributed by atoms with Gasteiger partial charge < -0.3 is 19.1 Å². The molecule has 0 atom stereocenters. The van der Waals surface area contributed by atoms with Crippen LogP contribution in [-0.2, 0) is 13.5 Å². The molecule has 7 nitrogen and oxygen atoms in total. The first kappa shape index (κ1) is 27.4. The summed E-state index contributed by atoms with van der Waals surface area (Å²) in [6, 6.07) is 13.0. The zero-order valence-electron chi connectivity index (χ0n) is 23.9. The van der Waals surface area contributed by atoms with E-state index in [0.29, 0.717) is 23.3 Å². The number of likely N-dealkylation sites (tertiary alicyclic amines) is 2. The van der Waals surface area contributed by atoms with Crippen molar-refractivity contribution in [3.63, 3.8) is 0 Å². The first-order valence-corrected chi connectivity index (χ1v) is 14.8. The van der Waals surface area contributed by atoms with Crippen molar-refractivity contribution < 1.29 is 9.53 Å². The second-order valence-corrected chi connectivity index (χ2v) is 11.1. The van der Waals surface area contributed by atoms with Crippen LogP contribution in [0.5, 0.6) is 5.88 Å². The lowest BCUT2D eigenvalue weighted by molar-refractivity contribution is 0.0636. The average Bonchev–Trinajstić information content (AvgIpc) is 3.64. The van der Waals surface area contributed by atoms with Gasteiger partial charge in [0.2, 0.25) is 5.88 Å². The lowest BCUT2D eigenvalue weighted by atomic mass is 10.0. The van der Waals surface area contributed by atoms with Crippen LogP contribution in [0, 0.1) is 0 Å². The number of hydrogen-bond acceptors (Lipinski definition) is 5. The number of aromatic nitrogens is 3. The van der Waals surface area contributed by atoms with Crippen molar-refractivity contribution in [1.82, 2.24) is 24.3 Å². The van der Waals surface area contributed by atoms with Gasteiger partial charge in [0.1, 0.15) is 17.2 Å². The maximum Gasteiger partial charge on any atom is 0.272 e. The van der Waals surface area contributed by atoms with E-state index in [1.54, 1.807) is 13.3 Å². The molecule has 0 radical (unpaired) electrons. The molecule has 0 aliphatic carbocycles. The monoisotopic (exact) mass is 529 g/mol. The molecule has 0 unspecified atom stereocenters. The van der Waals surface area contributed by atoms with Crippen LogP contribution in [0.2, 0.25) is 0 Å². The highest BCUT2D eigenvalue weighted by Gasteiger charge is 2.32. The summed E-state index contributed by atoms with van der Waals surface area (Å²) in [4.78, 5) is 28.2. The molecule has 0 spiro atoms. The number of benzene rings is 1. The SMILES string of the molecule is CCCCCCc1cccc(-c2nc(-c3ccc(OC)nc3)c(C(=O)N3CCC(N4CCCC4)CC3)n2C)c1. The number of piperidine rings is 1. The lowest BCUT2D eigenvalue weighted by Gasteiger charge is -2.36. The van der Waals surface area contributed by atoms with Crippen LogP contribution < -0.4 is 4.74 Å². The summed E-state index contributed by atoms with van der Waals surface area (Å²) in [5, 5.41) is 0. The van der Waals surface area contributed by atoms with Gasteiger partial charge in [-0.1, -0.05) is 44.4 Å². The molecule has 3 aromatic rings. The van der Waals surface area contributed by atoms with Gasteiger partial charge in [0, 0.05) is 49.6 Å². The number of methoxy groups -OCH3 is 1. The Labute approximate surface area is 233 Å². The number of nitrogens with zero attached hydrogens (tertiary/aromatic N) is 5. The average molecular weight is 530 g/mol. The van der Waals surface area contributed by atoms with Crippen molar-refractivity contribution in [2.24, 2.45) is 7.05 Å². The molecule has 39 heavy (non-hydrogen) atoms. The second-order valence-electron chi connectivity index (χ2n) is 11.1. The van der Waals surface area contributed by atoms with Crippen molar-refractivity contribution in [3.8, 4) is 28.5 Å². The largest absolute Gasteiger partial charge is 0.481 e. The topological polar surface area (TPSA) is 63.5 Å². The molecule has 5 rings (SSSR count). The predicted octanol–water partition coefficient (Wildman–Crippen LogP) is 5.98. The third kappa shape index (κ3) is 6.19. The van der Waals surface area contributed by atoms with E-state index in [0.717, 1.165) is 49.3 Å². The Bertz CT molecular complexity index is 1240. The minimum absolute atomic E-state index is 0.0534. The van der Waals surface area contributed by atoms with Gasteiger partial charge in [-0.05, 0) is 69.3 Å². The Balaban J connectivity index is 1.44. The number of rotatable bonds is 10. The second kappa shape index (κ2) is 12.8. The Hall–Kier alpha value is -3.19. The van der Waals surface area contributed by atoms with Crippen molar-refractivity contribution in [3.05, 3.63) is 53.9 Å². The van der Waals surface area contributed by atoms with Gasteiger partial charge in [0.15, 0.2) is 0 Å². The number of hydrogen-bond donors (Lipinski definition) is 0. The number of carbonyl (C=O) groups excluding carboxylic acids is 1. The molecule has 208 valence electrons. The number of aryl methyl sites for hydroxylation is 1. The first-order valence-electron chi connectivity index (χ1n) is 14.8. The molecule has 0 saturated carbocycles. The van der Waals surface area contributed by atoms with Gasteiger partial charge in [-0.3, -0.25) is 4.79 Å². The summed E-state index contributed by atoms with van der Waals surface area (Å²) < 4.78 is 7.26. The van der Waals surface area contributed by atoms with Crippen molar-refractivity contribution >= 4 is 5.91 Å². The Morgan fingerprint density at radius 2 is 1.79 bits per heavy atom. The molecule has 2 aromatic heterocycles. The molecule has 2 fully saturated rings. The minimum atomic E-state index is 0.0534. The fourth-order valence-corrected chi connectivity index (χ4v) is 6.16. The molecule has 1 aromatic carbocycles. The Morgan fingerprint density at radius 1 is 1.00 bits per heavy atom. The van der Waals surface area contributed by atoms with Crippen molar-refractivity contribution in [2.45, 2.75) is 70.8 Å². The van der Waals surface area contributed by atoms with Gasteiger partial charge in [-0.15, -0.1) is 0 Å². The highest BCUT2D eigenvalue weighted by Crippen LogP contribution is 2.32. The van der Waals surface area contributed by atoms with Gasteiger partial charge in [0.05, 0.1) is 7.11 Å². The van der Waals surface area contributed by atoms with E-state index >= 15 is 0 Å². The highest BCUT2D eigenvalue weighted by atomic mass is 16.5. The van der Waals surface area contributed by atoms with Gasteiger partial charge >= 0.3 is 0 Å². The summed E-state index contributed by atoms with van der Waals surface area (Å²) in [5.41, 5.74) is 4.49. The van der Waals surface area contributed by atoms with Crippen LogP contribution in [-0.4, -0.2) is 69.6 Å². The van der Waals surface area contributed by atoms with Gasteiger partial charge in [0.25, 0.3) is 5.91 Å². The van der Waals surface area contributed by atoms with E-state index in [1.807, 2.05) is 28.6 Å². The zero-order chi connectivity index (χ0) is 27.2. The normalized spacial score (nSPS) is 16.6. The molecule has 2 aliphatic heterocycles. The summed E-state index contributed by atoms with van der Waals surface area (Å²) in [6.45, 7) is 6.22. The van der Waals surface area contributed by atoms with Crippen LogP contribution in [0.3, 0.4) is 0 Å². The zero-order valence-corrected chi connectivity index (χ0v) is 23.9. The van der Waals surface area contributed by atoms with E-state index in [4.69, 9.17) is 9.72 Å². The standard InChI is InChI=1S/C32H43N5O2/c1-4-5-6-7-11-24-12-10-13-25(22-24)31-34-29(26-14-15-28(39-3)33-23-26)30(35(31)2)32(38)37-20-16-27(17-21-37)36-18-8-9-19-36/h10,12-15,22-23,27H,4-9,11,16-21H2,1-3H3. The third-order valence-corrected chi connectivity index (χ3v) is 8.43. The molecule has 0 N–H and O–H groups in total. The first-order chi connectivity index (χ1) is 19.1. The van der Waals surface area contributed by atoms with Crippen LogP contribution >= 0.6 is 0 Å². The maximum absolute atomic E-state index is 14.1. The molecule has 7 heteroatoms. The van der Waals surface area contributed by atoms with Crippen LogP contribution in [0.25, 0.3) is 22.6 Å². The third-order valence-electron chi connectivity index (χ3n) is 8.43. The highest BCUT2D eigenvalue weighted by molar-refractivity contribution is 5.99. The van der Waals surface area contributed by atoms with Gasteiger partial charge in [-0.25, -0.2) is 9.97 Å². The predicted molar refractivity (Wildman–Crippen MR) is 156 cm³/mol. The number of pyridine rings is 1. The molecule has 1 amide bonds. The fourth-order valence-electron chi connectivity index (χ4n) is 6.16. The van der Waals surface area contributed by atoms with E-state index in [2.05, 4.69) is 41.1 Å². The van der Waals surface area contributed by atoms with E-state index in [-0.39, 0.29) is 5.91 Å². The molecule has 2 saturated heterocycles. The lowest BCUT2D eigenvalue weighted by Crippen LogP contribution is -2.46. The number of imidazole rings is 1. The Kier molecular flexibility index (Phi) is 8.97.